The Bertz CT molecular complexity index is 423. The molecule has 5 heteroatoms. The molecule has 1 aromatic carbocycles. The van der Waals surface area contributed by atoms with Crippen molar-refractivity contribution < 1.29 is 13.2 Å². The Labute approximate surface area is 117 Å². The summed E-state index contributed by atoms with van der Waals surface area (Å²) in [4.78, 5) is 2.13. The molecule has 0 aliphatic carbocycles. The summed E-state index contributed by atoms with van der Waals surface area (Å²) in [6.45, 7) is 1.97. The van der Waals surface area contributed by atoms with Crippen molar-refractivity contribution in [1.29, 1.82) is 0 Å². The summed E-state index contributed by atoms with van der Waals surface area (Å²) in [6, 6.07) is 7.77. The van der Waals surface area contributed by atoms with Crippen molar-refractivity contribution in [2.45, 2.75) is 31.9 Å². The first kappa shape index (κ1) is 15.2. The number of nitrogen functional groups attached to an aromatic ring is 1. The molecule has 2 N–H and O–H groups in total. The molecule has 1 heterocycles. The fourth-order valence-corrected chi connectivity index (χ4v) is 2.74. The molecule has 1 aromatic rings. The van der Waals surface area contributed by atoms with Crippen molar-refractivity contribution >= 4 is 5.69 Å². The number of piperidine rings is 1. The van der Waals surface area contributed by atoms with Crippen LogP contribution in [0.15, 0.2) is 24.3 Å². The SMILES string of the molecule is Nc1cccc(CCCN2CCC(C(F)(F)F)CC2)c1. The normalized spacial score (nSPS) is 18.4. The van der Waals surface area contributed by atoms with Crippen LogP contribution < -0.4 is 5.73 Å². The average molecular weight is 286 g/mol. The number of rotatable bonds is 4. The van der Waals surface area contributed by atoms with Crippen molar-refractivity contribution in [3.63, 3.8) is 0 Å². The van der Waals surface area contributed by atoms with Crippen LogP contribution in [0.5, 0.6) is 0 Å². The van der Waals surface area contributed by atoms with Gasteiger partial charge in [0.25, 0.3) is 0 Å². The predicted octanol–water partition coefficient (Wildman–Crippen LogP) is 3.48. The van der Waals surface area contributed by atoms with Gasteiger partial charge in [-0.1, -0.05) is 12.1 Å². The van der Waals surface area contributed by atoms with E-state index in [0.29, 0.717) is 13.1 Å². The van der Waals surface area contributed by atoms with E-state index in [-0.39, 0.29) is 12.8 Å². The summed E-state index contributed by atoms with van der Waals surface area (Å²) in [7, 11) is 0. The number of nitrogens with two attached hydrogens (primary N) is 1. The molecule has 2 rings (SSSR count). The molecule has 112 valence electrons. The van der Waals surface area contributed by atoms with Gasteiger partial charge in [-0.05, 0) is 63.0 Å². The Morgan fingerprint density at radius 3 is 2.50 bits per heavy atom. The van der Waals surface area contributed by atoms with Crippen LogP contribution in [-0.2, 0) is 6.42 Å². The lowest BCUT2D eigenvalue weighted by molar-refractivity contribution is -0.185. The number of anilines is 1. The van der Waals surface area contributed by atoms with E-state index < -0.39 is 12.1 Å². The third-order valence-corrected chi connectivity index (χ3v) is 3.94. The maximum Gasteiger partial charge on any atom is 0.391 e. The molecule has 0 radical (unpaired) electrons. The number of aryl methyl sites for hydroxylation is 1. The van der Waals surface area contributed by atoms with E-state index in [1.807, 2.05) is 24.3 Å². The van der Waals surface area contributed by atoms with Crippen LogP contribution in [0, 0.1) is 5.92 Å². The first-order chi connectivity index (χ1) is 9.45. The molecule has 1 fully saturated rings. The van der Waals surface area contributed by atoms with Gasteiger partial charge in [-0.15, -0.1) is 0 Å². The lowest BCUT2D eigenvalue weighted by Crippen LogP contribution is -2.39. The van der Waals surface area contributed by atoms with Gasteiger partial charge in [0.05, 0.1) is 5.92 Å². The van der Waals surface area contributed by atoms with E-state index in [9.17, 15) is 13.2 Å². The van der Waals surface area contributed by atoms with E-state index in [0.717, 1.165) is 25.1 Å². The second-order valence-corrected chi connectivity index (χ2v) is 5.51. The van der Waals surface area contributed by atoms with Crippen LogP contribution in [-0.4, -0.2) is 30.7 Å². The van der Waals surface area contributed by atoms with Gasteiger partial charge in [-0.25, -0.2) is 0 Å². The number of halogens is 3. The standard InChI is InChI=1S/C15H21F3N2/c16-15(17,18)13-6-9-20(10-7-13)8-2-4-12-3-1-5-14(19)11-12/h1,3,5,11,13H,2,4,6-10,19H2. The summed E-state index contributed by atoms with van der Waals surface area (Å²) < 4.78 is 37.6. The minimum absolute atomic E-state index is 0.238. The first-order valence-electron chi connectivity index (χ1n) is 7.08. The zero-order chi connectivity index (χ0) is 14.6. The topological polar surface area (TPSA) is 29.3 Å². The van der Waals surface area contributed by atoms with Crippen molar-refractivity contribution in [1.82, 2.24) is 4.90 Å². The number of likely N-dealkylation sites (tertiary alicyclic amines) is 1. The molecule has 2 nitrogen and oxygen atoms in total. The van der Waals surface area contributed by atoms with Crippen molar-refractivity contribution in [2.24, 2.45) is 5.92 Å². The van der Waals surface area contributed by atoms with Crippen molar-refractivity contribution in [2.75, 3.05) is 25.4 Å². The number of alkyl halides is 3. The Kier molecular flexibility index (Phi) is 4.91. The van der Waals surface area contributed by atoms with Crippen LogP contribution >= 0.6 is 0 Å². The molecular formula is C15H21F3N2. The van der Waals surface area contributed by atoms with Crippen molar-refractivity contribution in [3.8, 4) is 0 Å². The van der Waals surface area contributed by atoms with Crippen molar-refractivity contribution in [3.05, 3.63) is 29.8 Å². The molecular weight excluding hydrogens is 265 g/mol. The highest BCUT2D eigenvalue weighted by atomic mass is 19.4. The highest BCUT2D eigenvalue weighted by Crippen LogP contribution is 2.34. The molecule has 0 spiro atoms. The summed E-state index contributed by atoms with van der Waals surface area (Å²) >= 11 is 0. The van der Waals surface area contributed by atoms with E-state index in [1.54, 1.807) is 0 Å². The summed E-state index contributed by atoms with van der Waals surface area (Å²) in [5.41, 5.74) is 7.66. The molecule has 20 heavy (non-hydrogen) atoms. The quantitative estimate of drug-likeness (QED) is 0.859. The Balaban J connectivity index is 1.69. The highest BCUT2D eigenvalue weighted by Gasteiger charge is 2.40. The zero-order valence-electron chi connectivity index (χ0n) is 11.5. The van der Waals surface area contributed by atoms with Gasteiger partial charge in [-0.2, -0.15) is 13.2 Å². The second kappa shape index (κ2) is 6.48. The molecule has 0 bridgehead atoms. The molecule has 1 aliphatic rings. The monoisotopic (exact) mass is 286 g/mol. The average Bonchev–Trinajstić information content (AvgIpc) is 2.38. The lowest BCUT2D eigenvalue weighted by atomic mass is 9.96. The number of hydrogen-bond acceptors (Lipinski definition) is 2. The Morgan fingerprint density at radius 1 is 1.20 bits per heavy atom. The Hall–Kier alpha value is -1.23. The van der Waals surface area contributed by atoms with Crippen LogP contribution in [0.3, 0.4) is 0 Å². The van der Waals surface area contributed by atoms with Gasteiger partial charge in [-0.3, -0.25) is 0 Å². The molecule has 0 unspecified atom stereocenters. The lowest BCUT2D eigenvalue weighted by Gasteiger charge is -2.32. The summed E-state index contributed by atoms with van der Waals surface area (Å²) in [6.07, 6.45) is -1.67. The van der Waals surface area contributed by atoms with E-state index in [4.69, 9.17) is 5.73 Å². The molecule has 0 saturated carbocycles. The molecule has 1 saturated heterocycles. The first-order valence-corrected chi connectivity index (χ1v) is 7.08. The maximum atomic E-state index is 12.5. The van der Waals surface area contributed by atoms with Gasteiger partial charge < -0.3 is 10.6 Å². The third kappa shape index (κ3) is 4.40. The Morgan fingerprint density at radius 2 is 1.90 bits per heavy atom. The van der Waals surface area contributed by atoms with Crippen LogP contribution in [0.1, 0.15) is 24.8 Å². The molecule has 0 atom stereocenters. The molecule has 0 amide bonds. The van der Waals surface area contributed by atoms with Crippen LogP contribution in [0.4, 0.5) is 18.9 Å². The predicted molar refractivity (Wildman–Crippen MR) is 74.4 cm³/mol. The van der Waals surface area contributed by atoms with Crippen LogP contribution in [0.2, 0.25) is 0 Å². The van der Waals surface area contributed by atoms with Gasteiger partial charge in [0.2, 0.25) is 0 Å². The minimum atomic E-state index is -4.02. The smallest absolute Gasteiger partial charge is 0.391 e. The number of benzene rings is 1. The minimum Gasteiger partial charge on any atom is -0.399 e. The van der Waals surface area contributed by atoms with E-state index >= 15 is 0 Å². The third-order valence-electron chi connectivity index (χ3n) is 3.94. The van der Waals surface area contributed by atoms with Crippen LogP contribution in [0.25, 0.3) is 0 Å². The maximum absolute atomic E-state index is 12.5. The number of nitrogens with zero attached hydrogens (tertiary/aromatic N) is 1. The second-order valence-electron chi connectivity index (χ2n) is 5.51. The van der Waals surface area contributed by atoms with Gasteiger partial charge in [0.15, 0.2) is 0 Å². The summed E-state index contributed by atoms with van der Waals surface area (Å²) in [5, 5.41) is 0. The van der Waals surface area contributed by atoms with Gasteiger partial charge >= 0.3 is 6.18 Å². The van der Waals surface area contributed by atoms with E-state index in [1.165, 1.54) is 5.56 Å². The molecule has 0 aromatic heterocycles. The van der Waals surface area contributed by atoms with Gasteiger partial charge in [0, 0.05) is 5.69 Å². The zero-order valence-corrected chi connectivity index (χ0v) is 11.5. The molecule has 1 aliphatic heterocycles. The number of hydrogen-bond donors (Lipinski definition) is 1. The fraction of sp³-hybridized carbons (Fsp3) is 0.600. The summed E-state index contributed by atoms with van der Waals surface area (Å²) in [5.74, 6) is -1.10. The highest BCUT2D eigenvalue weighted by molar-refractivity contribution is 5.40. The van der Waals surface area contributed by atoms with Gasteiger partial charge in [0.1, 0.15) is 0 Å². The van der Waals surface area contributed by atoms with E-state index in [2.05, 4.69) is 4.90 Å². The largest absolute Gasteiger partial charge is 0.399 e. The fourth-order valence-electron chi connectivity index (χ4n) is 2.74.